The summed E-state index contributed by atoms with van der Waals surface area (Å²) in [6.45, 7) is 1.96. The van der Waals surface area contributed by atoms with E-state index in [1.807, 2.05) is 31.1 Å². The predicted molar refractivity (Wildman–Crippen MR) is 119 cm³/mol. The maximum atomic E-state index is 14.4. The van der Waals surface area contributed by atoms with Crippen molar-refractivity contribution in [2.75, 3.05) is 25.6 Å². The van der Waals surface area contributed by atoms with Crippen LogP contribution in [0.25, 0.3) is 0 Å². The van der Waals surface area contributed by atoms with Crippen LogP contribution >= 0.6 is 0 Å². The molecule has 8 heteroatoms. The molecule has 0 fully saturated rings. The van der Waals surface area contributed by atoms with E-state index in [-0.39, 0.29) is 23.6 Å². The Labute approximate surface area is 185 Å². The van der Waals surface area contributed by atoms with Gasteiger partial charge in [0.2, 0.25) is 0 Å². The second kappa shape index (κ2) is 10.3. The average molecular weight is 435 g/mol. The van der Waals surface area contributed by atoms with Gasteiger partial charge in [0.25, 0.3) is 0 Å². The Bertz CT molecular complexity index is 1130. The first-order chi connectivity index (χ1) is 15.4. The number of hydrogen-bond acceptors (Lipinski definition) is 7. The lowest BCUT2D eigenvalue weighted by atomic mass is 10.1. The smallest absolute Gasteiger partial charge is 0.343 e. The normalized spacial score (nSPS) is 10.8. The van der Waals surface area contributed by atoms with E-state index in [2.05, 4.69) is 10.2 Å². The molecule has 164 valence electrons. The molecule has 0 atom stereocenters. The number of anilines is 1. The first-order valence-electron chi connectivity index (χ1n) is 9.85. The van der Waals surface area contributed by atoms with Crippen molar-refractivity contribution in [3.63, 3.8) is 0 Å². The Morgan fingerprint density at radius 1 is 0.875 bits per heavy atom. The second-order valence-corrected chi connectivity index (χ2v) is 6.91. The van der Waals surface area contributed by atoms with E-state index in [0.717, 1.165) is 11.8 Å². The van der Waals surface area contributed by atoms with Crippen LogP contribution in [0.5, 0.6) is 5.75 Å². The molecule has 0 spiro atoms. The molecule has 0 amide bonds. The molecule has 0 aliphatic heterocycles. The molecular formula is C24H22FN3O4. The molecule has 3 rings (SSSR count). The zero-order valence-electron chi connectivity index (χ0n) is 17.9. The van der Waals surface area contributed by atoms with Crippen molar-refractivity contribution >= 4 is 29.0 Å². The van der Waals surface area contributed by atoms with Crippen LogP contribution in [-0.2, 0) is 4.74 Å². The van der Waals surface area contributed by atoms with Gasteiger partial charge < -0.3 is 14.4 Å². The summed E-state index contributed by atoms with van der Waals surface area (Å²) in [5, 5.41) is 7.95. The van der Waals surface area contributed by atoms with E-state index in [0.29, 0.717) is 11.3 Å². The number of nitrogens with zero attached hydrogens (tertiary/aromatic N) is 3. The summed E-state index contributed by atoms with van der Waals surface area (Å²) in [4.78, 5) is 25.9. The standard InChI is InChI=1S/C24H22FN3O4/c1-4-31-23(29)16-5-7-17(8-6-16)24(30)32-20-13-14-22(21(25)15-20)27-26-18-9-11-19(12-10-18)28(2)3/h5-15H,4H2,1-3H3/b27-26+. The maximum absolute atomic E-state index is 14.4. The van der Waals surface area contributed by atoms with Crippen LogP contribution in [-0.4, -0.2) is 32.6 Å². The molecule has 0 heterocycles. The number of halogens is 1. The van der Waals surface area contributed by atoms with E-state index in [4.69, 9.17) is 9.47 Å². The van der Waals surface area contributed by atoms with Gasteiger partial charge in [-0.05, 0) is 67.6 Å². The number of benzene rings is 3. The zero-order valence-corrected chi connectivity index (χ0v) is 17.9. The molecule has 0 unspecified atom stereocenters. The van der Waals surface area contributed by atoms with E-state index in [9.17, 15) is 14.0 Å². The van der Waals surface area contributed by atoms with Crippen LogP contribution in [0, 0.1) is 5.82 Å². The summed E-state index contributed by atoms with van der Waals surface area (Å²) < 4.78 is 24.5. The van der Waals surface area contributed by atoms with Gasteiger partial charge in [0.1, 0.15) is 11.4 Å². The Morgan fingerprint density at radius 2 is 1.50 bits per heavy atom. The van der Waals surface area contributed by atoms with Gasteiger partial charge in [-0.1, -0.05) is 0 Å². The number of carbonyl (C=O) groups is 2. The summed E-state index contributed by atoms with van der Waals surface area (Å²) in [7, 11) is 3.86. The van der Waals surface area contributed by atoms with Gasteiger partial charge in [0.15, 0.2) is 5.82 Å². The highest BCUT2D eigenvalue weighted by Gasteiger charge is 2.13. The van der Waals surface area contributed by atoms with Crippen LogP contribution in [0.15, 0.2) is 77.0 Å². The number of azo groups is 1. The lowest BCUT2D eigenvalue weighted by molar-refractivity contribution is 0.0525. The Morgan fingerprint density at radius 3 is 2.06 bits per heavy atom. The van der Waals surface area contributed by atoms with Crippen molar-refractivity contribution in [1.29, 1.82) is 0 Å². The van der Waals surface area contributed by atoms with Gasteiger partial charge in [-0.25, -0.2) is 14.0 Å². The lowest BCUT2D eigenvalue weighted by Gasteiger charge is -2.11. The highest BCUT2D eigenvalue weighted by atomic mass is 19.1. The molecule has 0 aliphatic rings. The largest absolute Gasteiger partial charge is 0.462 e. The van der Waals surface area contributed by atoms with Crippen molar-refractivity contribution < 1.29 is 23.5 Å². The molecule has 0 aromatic heterocycles. The molecule has 0 aliphatic carbocycles. The molecule has 0 N–H and O–H groups in total. The fourth-order valence-corrected chi connectivity index (χ4v) is 2.68. The summed E-state index contributed by atoms with van der Waals surface area (Å²) in [5.41, 5.74) is 2.14. The van der Waals surface area contributed by atoms with Gasteiger partial charge >= 0.3 is 11.9 Å². The fourth-order valence-electron chi connectivity index (χ4n) is 2.68. The number of esters is 2. The summed E-state index contributed by atoms with van der Waals surface area (Å²) in [6, 6.07) is 17.0. The number of ether oxygens (including phenoxy) is 2. The molecule has 3 aromatic rings. The lowest BCUT2D eigenvalue weighted by Crippen LogP contribution is -2.10. The Balaban J connectivity index is 1.65. The molecule has 0 bridgehead atoms. The van der Waals surface area contributed by atoms with Crippen LogP contribution in [0.2, 0.25) is 0 Å². The van der Waals surface area contributed by atoms with Crippen molar-refractivity contribution in [3.8, 4) is 5.75 Å². The molecule has 3 aromatic carbocycles. The Hall–Kier alpha value is -4.07. The van der Waals surface area contributed by atoms with E-state index >= 15 is 0 Å². The van der Waals surface area contributed by atoms with Crippen molar-refractivity contribution in [3.05, 3.63) is 83.7 Å². The van der Waals surface area contributed by atoms with E-state index in [1.54, 1.807) is 19.1 Å². The summed E-state index contributed by atoms with van der Waals surface area (Å²) in [5.74, 6) is -1.82. The maximum Gasteiger partial charge on any atom is 0.343 e. The van der Waals surface area contributed by atoms with Gasteiger partial charge in [0, 0.05) is 25.8 Å². The summed E-state index contributed by atoms with van der Waals surface area (Å²) >= 11 is 0. The fraction of sp³-hybridized carbons (Fsp3) is 0.167. The van der Waals surface area contributed by atoms with Crippen molar-refractivity contribution in [1.82, 2.24) is 0 Å². The first kappa shape index (κ1) is 22.6. The van der Waals surface area contributed by atoms with Crippen LogP contribution in [0.4, 0.5) is 21.5 Å². The minimum atomic E-state index is -0.685. The minimum absolute atomic E-state index is 0.0141. The third-order valence-corrected chi connectivity index (χ3v) is 4.40. The monoisotopic (exact) mass is 435 g/mol. The van der Waals surface area contributed by atoms with E-state index in [1.165, 1.54) is 36.4 Å². The molecule has 32 heavy (non-hydrogen) atoms. The number of rotatable bonds is 7. The molecule has 0 saturated carbocycles. The number of carbonyl (C=O) groups excluding carboxylic acids is 2. The topological polar surface area (TPSA) is 80.6 Å². The molecule has 7 nitrogen and oxygen atoms in total. The van der Waals surface area contributed by atoms with Gasteiger partial charge in [0.05, 0.1) is 23.4 Å². The minimum Gasteiger partial charge on any atom is -0.462 e. The van der Waals surface area contributed by atoms with Gasteiger partial charge in [-0.2, -0.15) is 5.11 Å². The zero-order chi connectivity index (χ0) is 23.1. The predicted octanol–water partition coefficient (Wildman–Crippen LogP) is 5.70. The SMILES string of the molecule is CCOC(=O)c1ccc(C(=O)Oc2ccc(/N=N/c3ccc(N(C)C)cc3)c(F)c2)cc1. The van der Waals surface area contributed by atoms with Gasteiger partial charge in [-0.15, -0.1) is 5.11 Å². The second-order valence-electron chi connectivity index (χ2n) is 6.91. The van der Waals surface area contributed by atoms with Crippen LogP contribution < -0.4 is 9.64 Å². The number of hydrogen-bond donors (Lipinski definition) is 0. The highest BCUT2D eigenvalue weighted by Crippen LogP contribution is 2.26. The average Bonchev–Trinajstić information content (AvgIpc) is 2.79. The third-order valence-electron chi connectivity index (χ3n) is 4.40. The van der Waals surface area contributed by atoms with Crippen molar-refractivity contribution in [2.24, 2.45) is 10.2 Å². The van der Waals surface area contributed by atoms with Crippen molar-refractivity contribution in [2.45, 2.75) is 6.92 Å². The third kappa shape index (κ3) is 5.75. The molecule has 0 radical (unpaired) electrons. The molecule has 0 saturated heterocycles. The van der Waals surface area contributed by atoms with E-state index < -0.39 is 17.8 Å². The Kier molecular flexibility index (Phi) is 7.28. The summed E-state index contributed by atoms with van der Waals surface area (Å²) in [6.07, 6.45) is 0. The van der Waals surface area contributed by atoms with Crippen LogP contribution in [0.1, 0.15) is 27.6 Å². The van der Waals surface area contributed by atoms with Gasteiger partial charge in [-0.3, -0.25) is 0 Å². The molecular weight excluding hydrogens is 413 g/mol. The highest BCUT2D eigenvalue weighted by molar-refractivity contribution is 5.94. The first-order valence-corrected chi connectivity index (χ1v) is 9.85. The quantitative estimate of drug-likeness (QED) is 0.270. The van der Waals surface area contributed by atoms with Crippen LogP contribution in [0.3, 0.4) is 0 Å².